The van der Waals surface area contributed by atoms with E-state index in [0.29, 0.717) is 5.56 Å². The van der Waals surface area contributed by atoms with Crippen molar-refractivity contribution >= 4 is 17.3 Å². The van der Waals surface area contributed by atoms with Crippen LogP contribution >= 0.6 is 0 Å². The predicted molar refractivity (Wildman–Crippen MR) is 72.1 cm³/mol. The van der Waals surface area contributed by atoms with Crippen LogP contribution in [0, 0.1) is 30.2 Å². The van der Waals surface area contributed by atoms with E-state index in [2.05, 4.69) is 10.1 Å². The minimum atomic E-state index is -1.82. The third-order valence-electron chi connectivity index (χ3n) is 3.06. The highest BCUT2D eigenvalue weighted by Gasteiger charge is 2.30. The van der Waals surface area contributed by atoms with Gasteiger partial charge in [-0.25, -0.2) is 22.4 Å². The Morgan fingerprint density at radius 1 is 1.00 bits per heavy atom. The molecule has 0 heterocycles. The molecular weight excluding hydrogens is 302 g/mol. The summed E-state index contributed by atoms with van der Waals surface area (Å²) in [6.45, 7) is 1.65. The van der Waals surface area contributed by atoms with Gasteiger partial charge in [-0.2, -0.15) is 0 Å². The van der Waals surface area contributed by atoms with Crippen molar-refractivity contribution in [3.05, 3.63) is 58.7 Å². The van der Waals surface area contributed by atoms with Crippen molar-refractivity contribution < 1.29 is 27.1 Å². The van der Waals surface area contributed by atoms with Gasteiger partial charge in [0, 0.05) is 5.69 Å². The zero-order valence-corrected chi connectivity index (χ0v) is 11.6. The topological polar surface area (TPSA) is 38.3 Å². The third-order valence-corrected chi connectivity index (χ3v) is 3.06. The molecule has 1 N–H and O–H groups in total. The second-order valence-electron chi connectivity index (χ2n) is 4.44. The number of hydrogen-bond acceptors (Lipinski definition) is 3. The minimum Gasteiger partial charge on any atom is -0.465 e. The number of nitrogens with one attached hydrogen (secondary N) is 1. The van der Waals surface area contributed by atoms with Crippen LogP contribution in [0.1, 0.15) is 15.9 Å². The van der Waals surface area contributed by atoms with Crippen LogP contribution in [0.5, 0.6) is 0 Å². The van der Waals surface area contributed by atoms with E-state index < -0.39 is 40.5 Å². The van der Waals surface area contributed by atoms with E-state index in [1.165, 1.54) is 6.07 Å². The molecule has 0 bridgehead atoms. The molecule has 0 atom stereocenters. The molecule has 2 aromatic rings. The van der Waals surface area contributed by atoms with Gasteiger partial charge in [0.15, 0.2) is 23.3 Å². The van der Waals surface area contributed by atoms with Gasteiger partial charge >= 0.3 is 5.97 Å². The first kappa shape index (κ1) is 15.8. The minimum absolute atomic E-state index is 0.268. The highest BCUT2D eigenvalue weighted by Crippen LogP contribution is 2.31. The van der Waals surface area contributed by atoms with Gasteiger partial charge in [-0.3, -0.25) is 0 Å². The molecule has 0 aromatic heterocycles. The second kappa shape index (κ2) is 6.05. The molecule has 0 aliphatic rings. The lowest BCUT2D eigenvalue weighted by Gasteiger charge is -2.14. The van der Waals surface area contributed by atoms with E-state index in [1.807, 2.05) is 0 Å². The van der Waals surface area contributed by atoms with Crippen LogP contribution in [0.2, 0.25) is 0 Å². The van der Waals surface area contributed by atoms with Crippen LogP contribution in [0.3, 0.4) is 0 Å². The van der Waals surface area contributed by atoms with E-state index in [9.17, 15) is 22.4 Å². The standard InChI is InChI=1S/C15H11F4NO2/c1-7-5-3-4-6-8(7)20-14-12(18)10(16)9(15(21)22-2)11(17)13(14)19/h3-6,20H,1-2H3. The van der Waals surface area contributed by atoms with Crippen LogP contribution < -0.4 is 5.32 Å². The van der Waals surface area contributed by atoms with Crippen molar-refractivity contribution in [2.75, 3.05) is 12.4 Å². The Bertz CT molecular complexity index is 718. The summed E-state index contributed by atoms with van der Waals surface area (Å²) in [6, 6.07) is 6.40. The van der Waals surface area contributed by atoms with Gasteiger partial charge < -0.3 is 10.1 Å². The number of hydrogen-bond donors (Lipinski definition) is 1. The number of esters is 1. The predicted octanol–water partition coefficient (Wildman–Crippen LogP) is 4.08. The van der Waals surface area contributed by atoms with Crippen molar-refractivity contribution in [1.29, 1.82) is 0 Å². The number of ether oxygens (including phenoxy) is 1. The molecule has 116 valence electrons. The van der Waals surface area contributed by atoms with Crippen LogP contribution in [-0.2, 0) is 4.74 Å². The molecule has 0 spiro atoms. The third kappa shape index (κ3) is 2.61. The van der Waals surface area contributed by atoms with Gasteiger partial charge in [-0.05, 0) is 18.6 Å². The first-order valence-corrected chi connectivity index (χ1v) is 6.15. The first-order chi connectivity index (χ1) is 10.4. The maximum absolute atomic E-state index is 14.0. The van der Waals surface area contributed by atoms with Crippen molar-refractivity contribution in [2.24, 2.45) is 0 Å². The van der Waals surface area contributed by atoms with Gasteiger partial charge in [0.2, 0.25) is 0 Å². The number of anilines is 2. The van der Waals surface area contributed by atoms with Crippen molar-refractivity contribution in [1.82, 2.24) is 0 Å². The lowest BCUT2D eigenvalue weighted by Crippen LogP contribution is -2.14. The van der Waals surface area contributed by atoms with E-state index in [1.54, 1.807) is 25.1 Å². The molecule has 0 amide bonds. The number of methoxy groups -OCH3 is 1. The zero-order valence-electron chi connectivity index (χ0n) is 11.6. The molecule has 2 aromatic carbocycles. The van der Waals surface area contributed by atoms with Crippen LogP contribution in [0.4, 0.5) is 28.9 Å². The fourth-order valence-electron chi connectivity index (χ4n) is 1.87. The van der Waals surface area contributed by atoms with Crippen molar-refractivity contribution in [3.8, 4) is 0 Å². The summed E-state index contributed by atoms with van der Waals surface area (Å²) in [5.74, 6) is -8.55. The molecule has 7 heteroatoms. The molecule has 0 aliphatic carbocycles. The van der Waals surface area contributed by atoms with Crippen LogP contribution in [-0.4, -0.2) is 13.1 Å². The number of rotatable bonds is 3. The summed E-state index contributed by atoms with van der Waals surface area (Å²) in [5.41, 5.74) is -1.55. The van der Waals surface area contributed by atoms with E-state index >= 15 is 0 Å². The quantitative estimate of drug-likeness (QED) is 0.527. The Labute approximate surface area is 123 Å². The Morgan fingerprint density at radius 3 is 2.05 bits per heavy atom. The van der Waals surface area contributed by atoms with Gasteiger partial charge in [0.05, 0.1) is 7.11 Å². The number of benzene rings is 2. The summed E-state index contributed by atoms with van der Waals surface area (Å²) in [6.07, 6.45) is 0. The van der Waals surface area contributed by atoms with Crippen LogP contribution in [0.15, 0.2) is 24.3 Å². The number of aryl methyl sites for hydroxylation is 1. The molecule has 0 saturated heterocycles. The number of carbonyl (C=O) groups is 1. The number of halogens is 4. The molecule has 0 unspecified atom stereocenters. The fraction of sp³-hybridized carbons (Fsp3) is 0.133. The van der Waals surface area contributed by atoms with Gasteiger partial charge in [0.1, 0.15) is 11.3 Å². The van der Waals surface area contributed by atoms with Gasteiger partial charge in [0.25, 0.3) is 0 Å². The van der Waals surface area contributed by atoms with E-state index in [0.717, 1.165) is 7.11 Å². The van der Waals surface area contributed by atoms with Crippen molar-refractivity contribution in [3.63, 3.8) is 0 Å². The second-order valence-corrected chi connectivity index (χ2v) is 4.44. The Hall–Kier alpha value is -2.57. The average Bonchev–Trinajstić information content (AvgIpc) is 2.51. The summed E-state index contributed by atoms with van der Waals surface area (Å²) in [4.78, 5) is 11.2. The summed E-state index contributed by atoms with van der Waals surface area (Å²) in [5, 5.41) is 2.29. The molecule has 0 aliphatic heterocycles. The normalized spacial score (nSPS) is 10.5. The Balaban J connectivity index is 2.59. The monoisotopic (exact) mass is 313 g/mol. The highest BCUT2D eigenvalue weighted by molar-refractivity contribution is 5.90. The number of carbonyl (C=O) groups excluding carboxylic acids is 1. The van der Waals surface area contributed by atoms with Crippen molar-refractivity contribution in [2.45, 2.75) is 6.92 Å². The molecular formula is C15H11F4NO2. The molecule has 0 fully saturated rings. The SMILES string of the molecule is COC(=O)c1c(F)c(F)c(Nc2ccccc2C)c(F)c1F. The average molecular weight is 313 g/mol. The first-order valence-electron chi connectivity index (χ1n) is 6.15. The van der Waals surface area contributed by atoms with E-state index in [-0.39, 0.29) is 5.69 Å². The summed E-state index contributed by atoms with van der Waals surface area (Å²) in [7, 11) is 0.844. The highest BCUT2D eigenvalue weighted by atomic mass is 19.2. The molecule has 3 nitrogen and oxygen atoms in total. The molecule has 0 saturated carbocycles. The smallest absolute Gasteiger partial charge is 0.344 e. The lowest BCUT2D eigenvalue weighted by atomic mass is 10.1. The largest absolute Gasteiger partial charge is 0.465 e. The summed E-state index contributed by atoms with van der Waals surface area (Å²) >= 11 is 0. The van der Waals surface area contributed by atoms with Crippen LogP contribution in [0.25, 0.3) is 0 Å². The Kier molecular flexibility index (Phi) is 4.35. The Morgan fingerprint density at radius 2 is 1.55 bits per heavy atom. The lowest BCUT2D eigenvalue weighted by molar-refractivity contribution is 0.0587. The number of para-hydroxylation sites is 1. The maximum atomic E-state index is 14.0. The maximum Gasteiger partial charge on any atom is 0.344 e. The summed E-state index contributed by atoms with van der Waals surface area (Å²) < 4.78 is 59.7. The zero-order chi connectivity index (χ0) is 16.4. The fourth-order valence-corrected chi connectivity index (χ4v) is 1.87. The van der Waals surface area contributed by atoms with Gasteiger partial charge in [-0.1, -0.05) is 18.2 Å². The van der Waals surface area contributed by atoms with Gasteiger partial charge in [-0.15, -0.1) is 0 Å². The molecule has 2 rings (SSSR count). The molecule has 0 radical (unpaired) electrons. The van der Waals surface area contributed by atoms with E-state index in [4.69, 9.17) is 0 Å². The molecule has 22 heavy (non-hydrogen) atoms.